The predicted molar refractivity (Wildman–Crippen MR) is 69.8 cm³/mol. The number of anilines is 1. The first-order valence-electron chi connectivity index (χ1n) is 6.36. The van der Waals surface area contributed by atoms with Crippen LogP contribution in [-0.4, -0.2) is 33.8 Å². The highest BCUT2D eigenvalue weighted by Gasteiger charge is 2.47. The van der Waals surface area contributed by atoms with E-state index in [1.165, 1.54) is 0 Å². The molecule has 0 amide bonds. The second kappa shape index (κ2) is 4.72. The number of ether oxygens (including phenoxy) is 1. The van der Waals surface area contributed by atoms with Crippen LogP contribution in [0, 0.1) is 12.3 Å². The predicted octanol–water partition coefficient (Wildman–Crippen LogP) is 1.76. The van der Waals surface area contributed by atoms with E-state index >= 15 is 0 Å². The van der Waals surface area contributed by atoms with Gasteiger partial charge in [0.25, 0.3) is 0 Å². The Morgan fingerprint density at radius 1 is 1.50 bits per heavy atom. The molecule has 5 heteroatoms. The Labute approximate surface area is 108 Å². The SMILES string of the molecule is CCOc1cc(NC2CC(O)C2(C)C)nc(C)n1. The summed E-state index contributed by atoms with van der Waals surface area (Å²) in [7, 11) is 0. The zero-order valence-electron chi connectivity index (χ0n) is 11.4. The van der Waals surface area contributed by atoms with Crippen LogP contribution in [0.25, 0.3) is 0 Å². The van der Waals surface area contributed by atoms with Crippen molar-refractivity contribution in [1.29, 1.82) is 0 Å². The molecule has 5 nitrogen and oxygen atoms in total. The largest absolute Gasteiger partial charge is 0.478 e. The van der Waals surface area contributed by atoms with Crippen LogP contribution in [0.2, 0.25) is 0 Å². The zero-order chi connectivity index (χ0) is 13.3. The van der Waals surface area contributed by atoms with Gasteiger partial charge in [0.1, 0.15) is 11.6 Å². The van der Waals surface area contributed by atoms with Gasteiger partial charge in [0.15, 0.2) is 0 Å². The molecule has 0 spiro atoms. The van der Waals surface area contributed by atoms with Crippen molar-refractivity contribution in [2.24, 2.45) is 5.41 Å². The molecule has 1 aliphatic rings. The maximum Gasteiger partial charge on any atom is 0.218 e. The van der Waals surface area contributed by atoms with Crippen LogP contribution in [0.4, 0.5) is 5.82 Å². The molecule has 1 aliphatic carbocycles. The summed E-state index contributed by atoms with van der Waals surface area (Å²) < 4.78 is 5.39. The normalized spacial score (nSPS) is 25.4. The lowest BCUT2D eigenvalue weighted by Crippen LogP contribution is -2.57. The molecule has 100 valence electrons. The third-order valence-electron chi connectivity index (χ3n) is 3.64. The van der Waals surface area contributed by atoms with Gasteiger partial charge in [-0.2, -0.15) is 4.98 Å². The average Bonchev–Trinajstić information content (AvgIpc) is 2.28. The number of aliphatic hydroxyl groups is 1. The van der Waals surface area contributed by atoms with Crippen LogP contribution in [0.15, 0.2) is 6.07 Å². The number of hydrogen-bond acceptors (Lipinski definition) is 5. The van der Waals surface area contributed by atoms with Crippen molar-refractivity contribution in [2.75, 3.05) is 11.9 Å². The number of aliphatic hydroxyl groups excluding tert-OH is 1. The Hall–Kier alpha value is -1.36. The molecular formula is C13H21N3O2. The number of hydrogen-bond donors (Lipinski definition) is 2. The Balaban J connectivity index is 2.10. The van der Waals surface area contributed by atoms with Crippen molar-refractivity contribution < 1.29 is 9.84 Å². The Bertz CT molecular complexity index is 434. The van der Waals surface area contributed by atoms with E-state index in [0.29, 0.717) is 18.3 Å². The van der Waals surface area contributed by atoms with Gasteiger partial charge >= 0.3 is 0 Å². The molecule has 0 aliphatic heterocycles. The van der Waals surface area contributed by atoms with E-state index in [1.807, 2.05) is 13.8 Å². The summed E-state index contributed by atoms with van der Waals surface area (Å²) in [4.78, 5) is 8.55. The molecule has 1 aromatic rings. The minimum absolute atomic E-state index is 0.120. The molecule has 18 heavy (non-hydrogen) atoms. The minimum atomic E-state index is -0.246. The van der Waals surface area contributed by atoms with Gasteiger partial charge < -0.3 is 15.2 Å². The zero-order valence-corrected chi connectivity index (χ0v) is 11.4. The number of nitrogens with zero attached hydrogens (tertiary/aromatic N) is 2. The number of rotatable bonds is 4. The van der Waals surface area contributed by atoms with Gasteiger partial charge in [-0.25, -0.2) is 4.98 Å². The second-order valence-electron chi connectivity index (χ2n) is 5.34. The van der Waals surface area contributed by atoms with Crippen molar-refractivity contribution in [3.05, 3.63) is 11.9 Å². The fraction of sp³-hybridized carbons (Fsp3) is 0.692. The van der Waals surface area contributed by atoms with E-state index < -0.39 is 0 Å². The van der Waals surface area contributed by atoms with Gasteiger partial charge in [-0.1, -0.05) is 13.8 Å². The number of aryl methyl sites for hydroxylation is 1. The average molecular weight is 251 g/mol. The van der Waals surface area contributed by atoms with E-state index in [4.69, 9.17) is 4.74 Å². The molecule has 0 saturated heterocycles. The quantitative estimate of drug-likeness (QED) is 0.853. The summed E-state index contributed by atoms with van der Waals surface area (Å²) in [6.45, 7) is 8.46. The third-order valence-corrected chi connectivity index (χ3v) is 3.64. The maximum absolute atomic E-state index is 9.72. The third kappa shape index (κ3) is 2.41. The first-order chi connectivity index (χ1) is 8.43. The van der Waals surface area contributed by atoms with Gasteiger partial charge in [0, 0.05) is 17.5 Å². The molecule has 0 radical (unpaired) electrons. The van der Waals surface area contributed by atoms with Crippen molar-refractivity contribution in [3.8, 4) is 5.88 Å². The van der Waals surface area contributed by atoms with Gasteiger partial charge in [-0.05, 0) is 20.3 Å². The first kappa shape index (κ1) is 13.1. The highest BCUT2D eigenvalue weighted by Crippen LogP contribution is 2.42. The van der Waals surface area contributed by atoms with Crippen molar-refractivity contribution in [3.63, 3.8) is 0 Å². The fourth-order valence-electron chi connectivity index (χ4n) is 2.16. The molecule has 1 saturated carbocycles. The smallest absolute Gasteiger partial charge is 0.218 e. The molecule has 2 atom stereocenters. The highest BCUT2D eigenvalue weighted by molar-refractivity contribution is 5.41. The van der Waals surface area contributed by atoms with Crippen LogP contribution in [0.3, 0.4) is 0 Å². The van der Waals surface area contributed by atoms with Crippen LogP contribution in [0.1, 0.15) is 33.0 Å². The molecule has 2 N–H and O–H groups in total. The molecule has 1 heterocycles. The Morgan fingerprint density at radius 2 is 2.22 bits per heavy atom. The summed E-state index contributed by atoms with van der Waals surface area (Å²) >= 11 is 0. The van der Waals surface area contributed by atoms with E-state index in [1.54, 1.807) is 6.07 Å². The van der Waals surface area contributed by atoms with Gasteiger partial charge in [-0.15, -0.1) is 0 Å². The molecular weight excluding hydrogens is 230 g/mol. The van der Waals surface area contributed by atoms with E-state index in [9.17, 15) is 5.11 Å². The van der Waals surface area contributed by atoms with E-state index in [2.05, 4.69) is 29.1 Å². The van der Waals surface area contributed by atoms with Crippen LogP contribution in [0.5, 0.6) is 5.88 Å². The highest BCUT2D eigenvalue weighted by atomic mass is 16.5. The topological polar surface area (TPSA) is 67.3 Å². The monoisotopic (exact) mass is 251 g/mol. The van der Waals surface area contributed by atoms with Crippen LogP contribution < -0.4 is 10.1 Å². The second-order valence-corrected chi connectivity index (χ2v) is 5.34. The molecule has 0 bridgehead atoms. The van der Waals surface area contributed by atoms with Crippen molar-refractivity contribution in [2.45, 2.75) is 46.3 Å². The summed E-state index contributed by atoms with van der Waals surface area (Å²) in [5.41, 5.74) is -0.120. The van der Waals surface area contributed by atoms with Crippen molar-refractivity contribution in [1.82, 2.24) is 9.97 Å². The molecule has 2 rings (SSSR count). The molecule has 2 unspecified atom stereocenters. The van der Waals surface area contributed by atoms with E-state index in [-0.39, 0.29) is 17.6 Å². The number of nitrogens with one attached hydrogen (secondary N) is 1. The standard InChI is InChI=1S/C13H21N3O2/c1-5-18-12-7-11(14-8(2)15-12)16-9-6-10(17)13(9,3)4/h7,9-10,17H,5-6H2,1-4H3,(H,14,15,16). The lowest BCUT2D eigenvalue weighted by Gasteiger charge is -2.49. The summed E-state index contributed by atoms with van der Waals surface area (Å²) in [6.07, 6.45) is 0.504. The Kier molecular flexibility index (Phi) is 3.43. The lowest BCUT2D eigenvalue weighted by molar-refractivity contribution is -0.0511. The van der Waals surface area contributed by atoms with E-state index in [0.717, 1.165) is 12.2 Å². The van der Waals surface area contributed by atoms with Crippen LogP contribution in [-0.2, 0) is 0 Å². The van der Waals surface area contributed by atoms with Gasteiger partial charge in [0.05, 0.1) is 12.7 Å². The maximum atomic E-state index is 9.72. The number of aromatic nitrogens is 2. The summed E-state index contributed by atoms with van der Waals surface area (Å²) in [5.74, 6) is 2.03. The summed E-state index contributed by atoms with van der Waals surface area (Å²) in [5, 5.41) is 13.1. The minimum Gasteiger partial charge on any atom is -0.478 e. The molecule has 0 aromatic carbocycles. The van der Waals surface area contributed by atoms with Crippen molar-refractivity contribution >= 4 is 5.82 Å². The Morgan fingerprint density at radius 3 is 2.78 bits per heavy atom. The van der Waals surface area contributed by atoms with Crippen LogP contribution >= 0.6 is 0 Å². The van der Waals surface area contributed by atoms with Gasteiger partial charge in [-0.3, -0.25) is 0 Å². The summed E-state index contributed by atoms with van der Waals surface area (Å²) in [6, 6.07) is 2.04. The lowest BCUT2D eigenvalue weighted by atomic mass is 9.64. The molecule has 1 fully saturated rings. The first-order valence-corrected chi connectivity index (χ1v) is 6.36. The molecule has 1 aromatic heterocycles. The van der Waals surface area contributed by atoms with Gasteiger partial charge in [0.2, 0.25) is 5.88 Å². The fourth-order valence-corrected chi connectivity index (χ4v) is 2.16.